The van der Waals surface area contributed by atoms with Crippen molar-refractivity contribution in [1.29, 1.82) is 0 Å². The number of likely N-dealkylation sites (N-methyl/N-ethyl adjacent to an activating group) is 1. The molecule has 10 nitrogen and oxygen atoms in total. The molecule has 11 heteroatoms. The highest BCUT2D eigenvalue weighted by Crippen LogP contribution is 2.27. The summed E-state index contributed by atoms with van der Waals surface area (Å²) >= 11 is 0. The SMILES string of the molecule is CCNC(=O)[C@@H](C)N(CCc1ccccc1)C(=O)CN(c1cc([N+](=O)[O-])ccc1C)S(C)(=O)=O. The van der Waals surface area contributed by atoms with Gasteiger partial charge >= 0.3 is 0 Å². The second kappa shape index (κ2) is 11.6. The normalized spacial score (nSPS) is 12.0. The molecule has 2 amide bonds. The lowest BCUT2D eigenvalue weighted by atomic mass is 10.1. The molecule has 0 aliphatic heterocycles. The van der Waals surface area contributed by atoms with Crippen LogP contribution in [-0.2, 0) is 26.0 Å². The second-order valence-corrected chi connectivity index (χ2v) is 9.80. The molecule has 0 fully saturated rings. The van der Waals surface area contributed by atoms with Gasteiger partial charge in [0.1, 0.15) is 12.6 Å². The zero-order chi connectivity index (χ0) is 25.5. The van der Waals surface area contributed by atoms with Gasteiger partial charge in [0, 0.05) is 25.2 Å². The fraction of sp³-hybridized carbons (Fsp3) is 0.391. The third-order valence-electron chi connectivity index (χ3n) is 5.35. The van der Waals surface area contributed by atoms with E-state index < -0.39 is 33.4 Å². The van der Waals surface area contributed by atoms with Gasteiger partial charge < -0.3 is 10.2 Å². The van der Waals surface area contributed by atoms with E-state index in [0.29, 0.717) is 18.5 Å². The second-order valence-electron chi connectivity index (χ2n) is 7.89. The fourth-order valence-corrected chi connectivity index (χ4v) is 4.37. The Kier molecular flexibility index (Phi) is 9.13. The van der Waals surface area contributed by atoms with Crippen LogP contribution in [0.2, 0.25) is 0 Å². The van der Waals surface area contributed by atoms with Crippen molar-refractivity contribution in [3.8, 4) is 0 Å². The van der Waals surface area contributed by atoms with Gasteiger partial charge in [-0.2, -0.15) is 0 Å². The lowest BCUT2D eigenvalue weighted by molar-refractivity contribution is -0.384. The van der Waals surface area contributed by atoms with E-state index in [4.69, 9.17) is 0 Å². The third kappa shape index (κ3) is 7.01. The highest BCUT2D eigenvalue weighted by molar-refractivity contribution is 7.92. The summed E-state index contributed by atoms with van der Waals surface area (Å²) in [6, 6.07) is 12.4. The minimum Gasteiger partial charge on any atom is -0.355 e. The Hall–Kier alpha value is -3.47. The standard InChI is InChI=1S/C23H30N4O6S/c1-5-24-23(29)18(3)25(14-13-19-9-7-6-8-10-19)22(28)16-26(34(4,32)33)21-15-20(27(30)31)12-11-17(21)2/h6-12,15,18H,5,13-14,16H2,1-4H3,(H,24,29)/t18-/m1/s1. The predicted octanol–water partition coefficient (Wildman–Crippen LogP) is 2.27. The van der Waals surface area contributed by atoms with Gasteiger partial charge in [-0.05, 0) is 38.3 Å². The summed E-state index contributed by atoms with van der Waals surface area (Å²) in [4.78, 5) is 37.8. The molecule has 34 heavy (non-hydrogen) atoms. The van der Waals surface area contributed by atoms with Gasteiger partial charge in [-0.25, -0.2) is 8.42 Å². The van der Waals surface area contributed by atoms with Crippen LogP contribution in [0.1, 0.15) is 25.0 Å². The van der Waals surface area contributed by atoms with E-state index in [-0.39, 0.29) is 23.8 Å². The summed E-state index contributed by atoms with van der Waals surface area (Å²) in [6.45, 7) is 4.92. The number of nitro benzene ring substituents is 1. The molecule has 0 aliphatic rings. The highest BCUT2D eigenvalue weighted by atomic mass is 32.2. The van der Waals surface area contributed by atoms with E-state index in [0.717, 1.165) is 22.2 Å². The first kappa shape index (κ1) is 26.8. The van der Waals surface area contributed by atoms with Crippen molar-refractivity contribution in [2.24, 2.45) is 0 Å². The number of benzene rings is 2. The van der Waals surface area contributed by atoms with Gasteiger partial charge in [-0.1, -0.05) is 36.4 Å². The predicted molar refractivity (Wildman–Crippen MR) is 130 cm³/mol. The largest absolute Gasteiger partial charge is 0.355 e. The molecule has 0 heterocycles. The molecule has 0 saturated heterocycles. The average molecular weight is 491 g/mol. The molecule has 2 aromatic rings. The molecule has 0 spiro atoms. The highest BCUT2D eigenvalue weighted by Gasteiger charge is 2.30. The number of amides is 2. The lowest BCUT2D eigenvalue weighted by Gasteiger charge is -2.31. The molecule has 2 aromatic carbocycles. The van der Waals surface area contributed by atoms with E-state index in [9.17, 15) is 28.1 Å². The van der Waals surface area contributed by atoms with Crippen molar-refractivity contribution in [2.45, 2.75) is 33.2 Å². The zero-order valence-corrected chi connectivity index (χ0v) is 20.5. The summed E-state index contributed by atoms with van der Waals surface area (Å²) in [6.07, 6.45) is 1.39. The van der Waals surface area contributed by atoms with Gasteiger partial charge in [0.2, 0.25) is 21.8 Å². The summed E-state index contributed by atoms with van der Waals surface area (Å²) in [5.74, 6) is -0.952. The van der Waals surface area contributed by atoms with Crippen molar-refractivity contribution in [3.63, 3.8) is 0 Å². The maximum absolute atomic E-state index is 13.4. The molecule has 0 aliphatic carbocycles. The number of nitrogens with zero attached hydrogens (tertiary/aromatic N) is 3. The van der Waals surface area contributed by atoms with Gasteiger partial charge in [0.15, 0.2) is 0 Å². The monoisotopic (exact) mass is 490 g/mol. The minimum absolute atomic E-state index is 0.0405. The molecule has 0 radical (unpaired) electrons. The Morgan fingerprint density at radius 2 is 1.79 bits per heavy atom. The van der Waals surface area contributed by atoms with E-state index in [1.807, 2.05) is 30.3 Å². The van der Waals surface area contributed by atoms with Crippen LogP contribution < -0.4 is 9.62 Å². The van der Waals surface area contributed by atoms with Crippen molar-refractivity contribution in [3.05, 3.63) is 69.8 Å². The van der Waals surface area contributed by atoms with Crippen LogP contribution in [0.4, 0.5) is 11.4 Å². The number of rotatable bonds is 11. The Bertz CT molecular complexity index is 1140. The maximum atomic E-state index is 13.4. The van der Waals surface area contributed by atoms with Crippen molar-refractivity contribution < 1.29 is 22.9 Å². The number of nitrogens with one attached hydrogen (secondary N) is 1. The van der Waals surface area contributed by atoms with Crippen molar-refractivity contribution in [1.82, 2.24) is 10.2 Å². The number of anilines is 1. The first-order valence-corrected chi connectivity index (χ1v) is 12.6. The molecular formula is C23H30N4O6S. The number of nitro groups is 1. The molecule has 0 bridgehead atoms. The molecule has 0 saturated carbocycles. The van der Waals surface area contributed by atoms with Crippen molar-refractivity contribution >= 4 is 33.2 Å². The van der Waals surface area contributed by atoms with Gasteiger partial charge in [-0.3, -0.25) is 24.0 Å². The maximum Gasteiger partial charge on any atom is 0.271 e. The molecule has 184 valence electrons. The summed E-state index contributed by atoms with van der Waals surface area (Å²) in [5.41, 5.74) is 1.16. The van der Waals surface area contributed by atoms with Crippen LogP contribution in [0.5, 0.6) is 0 Å². The zero-order valence-electron chi connectivity index (χ0n) is 19.7. The number of hydrogen-bond acceptors (Lipinski definition) is 6. The Morgan fingerprint density at radius 3 is 2.35 bits per heavy atom. The molecule has 0 aromatic heterocycles. The van der Waals surface area contributed by atoms with E-state index in [1.54, 1.807) is 20.8 Å². The Labute approximate surface area is 199 Å². The third-order valence-corrected chi connectivity index (χ3v) is 6.48. The molecule has 1 atom stereocenters. The molecule has 2 rings (SSSR count). The van der Waals surface area contributed by atoms with Crippen LogP contribution in [-0.4, -0.2) is 62.0 Å². The average Bonchev–Trinajstić information content (AvgIpc) is 2.78. The Morgan fingerprint density at radius 1 is 1.15 bits per heavy atom. The number of sulfonamides is 1. The number of carbonyl (C=O) groups excluding carboxylic acids is 2. The minimum atomic E-state index is -3.97. The van der Waals surface area contributed by atoms with E-state index >= 15 is 0 Å². The van der Waals surface area contributed by atoms with E-state index in [2.05, 4.69) is 5.32 Å². The van der Waals surface area contributed by atoms with Crippen LogP contribution in [0.15, 0.2) is 48.5 Å². The topological polar surface area (TPSA) is 130 Å². The smallest absolute Gasteiger partial charge is 0.271 e. The van der Waals surface area contributed by atoms with Gasteiger partial charge in [0.25, 0.3) is 5.69 Å². The van der Waals surface area contributed by atoms with E-state index in [1.165, 1.54) is 17.0 Å². The summed E-state index contributed by atoms with van der Waals surface area (Å²) in [7, 11) is -3.97. The van der Waals surface area contributed by atoms with Crippen LogP contribution in [0.25, 0.3) is 0 Å². The Balaban J connectivity index is 2.39. The number of aryl methyl sites for hydroxylation is 1. The summed E-state index contributed by atoms with van der Waals surface area (Å²) in [5, 5.41) is 13.9. The molecular weight excluding hydrogens is 460 g/mol. The fourth-order valence-electron chi connectivity index (χ4n) is 3.47. The lowest BCUT2D eigenvalue weighted by Crippen LogP contribution is -2.52. The quantitative estimate of drug-likeness (QED) is 0.380. The van der Waals surface area contributed by atoms with Gasteiger partial charge in [-0.15, -0.1) is 0 Å². The molecule has 1 N–H and O–H groups in total. The number of carbonyl (C=O) groups is 2. The van der Waals surface area contributed by atoms with Crippen molar-refractivity contribution in [2.75, 3.05) is 30.2 Å². The van der Waals surface area contributed by atoms with Crippen LogP contribution in [0.3, 0.4) is 0 Å². The number of hydrogen-bond donors (Lipinski definition) is 1. The van der Waals surface area contributed by atoms with Gasteiger partial charge in [0.05, 0.1) is 16.9 Å². The first-order chi connectivity index (χ1) is 16.0. The van der Waals surface area contributed by atoms with Crippen LogP contribution >= 0.6 is 0 Å². The summed E-state index contributed by atoms with van der Waals surface area (Å²) < 4.78 is 26.1. The first-order valence-electron chi connectivity index (χ1n) is 10.8. The van der Waals surface area contributed by atoms with Crippen LogP contribution in [0, 0.1) is 17.0 Å². The number of non-ortho nitro benzene ring substituents is 1. The molecule has 0 unspecified atom stereocenters.